The summed E-state index contributed by atoms with van der Waals surface area (Å²) in [5.74, 6) is 1.00. The van der Waals surface area contributed by atoms with E-state index in [2.05, 4.69) is 5.32 Å². The molecule has 0 aliphatic heterocycles. The number of carbonyl (C=O) groups excluding carboxylic acids is 1. The minimum absolute atomic E-state index is 0.162. The summed E-state index contributed by atoms with van der Waals surface area (Å²) >= 11 is 6.08. The molecule has 17 heavy (non-hydrogen) atoms. The van der Waals surface area contributed by atoms with Crippen LogP contribution in [-0.4, -0.2) is 19.6 Å². The van der Waals surface area contributed by atoms with Crippen LogP contribution in [0.5, 0.6) is 5.75 Å². The molecule has 0 radical (unpaired) electrons. The van der Waals surface area contributed by atoms with Crippen LogP contribution in [0.4, 0.5) is 0 Å². The number of amides is 1. The lowest BCUT2D eigenvalue weighted by atomic mass is 10.1. The van der Waals surface area contributed by atoms with Crippen molar-refractivity contribution >= 4 is 17.5 Å². The second-order valence-corrected chi connectivity index (χ2v) is 4.71. The van der Waals surface area contributed by atoms with Crippen molar-refractivity contribution in [3.05, 3.63) is 29.8 Å². The monoisotopic (exact) mass is 255 g/mol. The largest absolute Gasteiger partial charge is 0.497 e. The Hall–Kier alpha value is -1.22. The third-order valence-electron chi connectivity index (χ3n) is 2.32. The van der Waals surface area contributed by atoms with Crippen molar-refractivity contribution in [2.75, 3.05) is 13.7 Å². The number of rotatable bonds is 5. The van der Waals surface area contributed by atoms with Gasteiger partial charge in [0, 0.05) is 6.54 Å². The van der Waals surface area contributed by atoms with Crippen LogP contribution in [-0.2, 0) is 4.79 Å². The second-order valence-electron chi connectivity index (χ2n) is 4.27. The fourth-order valence-electron chi connectivity index (χ4n) is 1.32. The van der Waals surface area contributed by atoms with E-state index in [-0.39, 0.29) is 5.91 Å². The summed E-state index contributed by atoms with van der Waals surface area (Å²) in [4.78, 5) is 11.7. The van der Waals surface area contributed by atoms with Crippen LogP contribution in [0.15, 0.2) is 24.3 Å². The van der Waals surface area contributed by atoms with Gasteiger partial charge in [0.2, 0.25) is 5.91 Å². The molecule has 4 heteroatoms. The smallest absolute Gasteiger partial charge is 0.242 e. The number of hydrogen-bond acceptors (Lipinski definition) is 2. The van der Waals surface area contributed by atoms with Gasteiger partial charge in [0.15, 0.2) is 0 Å². The van der Waals surface area contributed by atoms with Gasteiger partial charge >= 0.3 is 0 Å². The highest BCUT2D eigenvalue weighted by Gasteiger charge is 2.17. The van der Waals surface area contributed by atoms with Crippen LogP contribution in [0, 0.1) is 5.92 Å². The molecule has 3 nitrogen and oxygen atoms in total. The quantitative estimate of drug-likeness (QED) is 0.822. The number of methoxy groups -OCH3 is 1. The lowest BCUT2D eigenvalue weighted by Gasteiger charge is -2.12. The molecule has 0 heterocycles. The van der Waals surface area contributed by atoms with Crippen molar-refractivity contribution in [3.8, 4) is 5.75 Å². The Morgan fingerprint density at radius 2 is 1.94 bits per heavy atom. The predicted molar refractivity (Wildman–Crippen MR) is 69.4 cm³/mol. The first-order chi connectivity index (χ1) is 8.04. The fraction of sp³-hybridized carbons (Fsp3) is 0.462. The molecule has 0 saturated carbocycles. The van der Waals surface area contributed by atoms with E-state index in [0.29, 0.717) is 12.5 Å². The minimum Gasteiger partial charge on any atom is -0.497 e. The number of alkyl halides is 1. The summed E-state index contributed by atoms with van der Waals surface area (Å²) in [6.45, 7) is 4.71. The first-order valence-electron chi connectivity index (χ1n) is 5.60. The molecule has 1 aromatic carbocycles. The van der Waals surface area contributed by atoms with Crippen molar-refractivity contribution in [3.63, 3.8) is 0 Å². The first-order valence-corrected chi connectivity index (χ1v) is 6.04. The summed E-state index contributed by atoms with van der Waals surface area (Å²) in [6.07, 6.45) is 0. The number of halogens is 1. The van der Waals surface area contributed by atoms with E-state index in [4.69, 9.17) is 16.3 Å². The summed E-state index contributed by atoms with van der Waals surface area (Å²) in [7, 11) is 1.60. The summed E-state index contributed by atoms with van der Waals surface area (Å²) < 4.78 is 5.04. The van der Waals surface area contributed by atoms with Crippen molar-refractivity contribution in [1.82, 2.24) is 5.32 Å². The summed E-state index contributed by atoms with van der Waals surface area (Å²) in [5.41, 5.74) is 0.772. The Balaban J connectivity index is 2.61. The maximum atomic E-state index is 11.7. The molecule has 0 fully saturated rings. The van der Waals surface area contributed by atoms with Crippen LogP contribution in [0.1, 0.15) is 24.8 Å². The first kappa shape index (κ1) is 13.8. The summed E-state index contributed by atoms with van der Waals surface area (Å²) in [6, 6.07) is 7.18. The molecule has 0 bridgehead atoms. The molecule has 0 saturated heterocycles. The molecule has 94 valence electrons. The molecule has 1 amide bonds. The van der Waals surface area contributed by atoms with Crippen molar-refractivity contribution in [2.45, 2.75) is 19.2 Å². The van der Waals surface area contributed by atoms with Crippen LogP contribution in [0.3, 0.4) is 0 Å². The van der Waals surface area contributed by atoms with Crippen LogP contribution >= 0.6 is 11.6 Å². The minimum atomic E-state index is -0.653. The average molecular weight is 256 g/mol. The lowest BCUT2D eigenvalue weighted by Crippen LogP contribution is -2.30. The van der Waals surface area contributed by atoms with Gasteiger partial charge in [-0.3, -0.25) is 4.79 Å². The summed E-state index contributed by atoms with van der Waals surface area (Å²) in [5, 5.41) is 2.15. The third kappa shape index (κ3) is 4.27. The molecule has 0 spiro atoms. The molecule has 0 aliphatic carbocycles. The van der Waals surface area contributed by atoms with E-state index < -0.39 is 5.38 Å². The number of hydrogen-bond donors (Lipinski definition) is 1. The number of ether oxygens (including phenoxy) is 1. The Labute approximate surface area is 107 Å². The molecule has 0 aliphatic rings. The van der Waals surface area contributed by atoms with Crippen LogP contribution in [0.25, 0.3) is 0 Å². The predicted octanol–water partition coefficient (Wildman–Crippen LogP) is 2.75. The maximum absolute atomic E-state index is 11.7. The molecule has 1 rings (SSSR count). The molecule has 1 aromatic rings. The van der Waals surface area contributed by atoms with E-state index in [1.165, 1.54) is 0 Å². The van der Waals surface area contributed by atoms with Crippen LogP contribution < -0.4 is 10.1 Å². The Kier molecular flexibility index (Phi) is 5.29. The molecule has 0 aromatic heterocycles. The van der Waals surface area contributed by atoms with E-state index in [9.17, 15) is 4.79 Å². The number of benzene rings is 1. The highest BCUT2D eigenvalue weighted by atomic mass is 35.5. The lowest BCUT2D eigenvalue weighted by molar-refractivity contribution is -0.121. The van der Waals surface area contributed by atoms with Crippen molar-refractivity contribution in [1.29, 1.82) is 0 Å². The van der Waals surface area contributed by atoms with Gasteiger partial charge in [0.1, 0.15) is 11.1 Å². The van der Waals surface area contributed by atoms with E-state index in [1.807, 2.05) is 13.8 Å². The zero-order valence-electron chi connectivity index (χ0n) is 10.4. The molecular formula is C13H18ClNO2. The average Bonchev–Trinajstić information content (AvgIpc) is 2.35. The molecular weight excluding hydrogens is 238 g/mol. The van der Waals surface area contributed by atoms with E-state index in [1.54, 1.807) is 31.4 Å². The van der Waals surface area contributed by atoms with Gasteiger partial charge in [0.25, 0.3) is 0 Å². The van der Waals surface area contributed by atoms with Crippen molar-refractivity contribution < 1.29 is 9.53 Å². The van der Waals surface area contributed by atoms with Crippen LogP contribution in [0.2, 0.25) is 0 Å². The zero-order chi connectivity index (χ0) is 12.8. The van der Waals surface area contributed by atoms with E-state index >= 15 is 0 Å². The van der Waals surface area contributed by atoms with Gasteiger partial charge in [-0.1, -0.05) is 26.0 Å². The number of carbonyl (C=O) groups is 1. The topological polar surface area (TPSA) is 38.3 Å². The maximum Gasteiger partial charge on any atom is 0.242 e. The van der Waals surface area contributed by atoms with Gasteiger partial charge in [-0.05, 0) is 23.6 Å². The van der Waals surface area contributed by atoms with Gasteiger partial charge in [0.05, 0.1) is 7.11 Å². The van der Waals surface area contributed by atoms with Gasteiger partial charge < -0.3 is 10.1 Å². The Morgan fingerprint density at radius 3 is 2.41 bits per heavy atom. The molecule has 1 N–H and O–H groups in total. The normalized spacial score (nSPS) is 12.3. The highest BCUT2D eigenvalue weighted by Crippen LogP contribution is 2.23. The fourth-order valence-corrected chi connectivity index (χ4v) is 1.54. The Bertz CT molecular complexity index is 362. The Morgan fingerprint density at radius 1 is 1.35 bits per heavy atom. The highest BCUT2D eigenvalue weighted by molar-refractivity contribution is 6.30. The third-order valence-corrected chi connectivity index (χ3v) is 2.77. The zero-order valence-corrected chi connectivity index (χ0v) is 11.1. The van der Waals surface area contributed by atoms with Gasteiger partial charge in [-0.25, -0.2) is 0 Å². The molecule has 1 unspecified atom stereocenters. The molecule has 1 atom stereocenters. The number of nitrogens with one attached hydrogen (secondary N) is 1. The van der Waals surface area contributed by atoms with Gasteiger partial charge in [-0.2, -0.15) is 0 Å². The van der Waals surface area contributed by atoms with Gasteiger partial charge in [-0.15, -0.1) is 11.6 Å². The SMILES string of the molecule is COc1ccc(C(Cl)C(=O)NCC(C)C)cc1. The van der Waals surface area contributed by atoms with Crippen molar-refractivity contribution in [2.24, 2.45) is 5.92 Å². The standard InChI is InChI=1S/C13H18ClNO2/c1-9(2)8-15-13(16)12(14)10-4-6-11(17-3)7-5-10/h4-7,9,12H,8H2,1-3H3,(H,15,16). The second kappa shape index (κ2) is 6.50. The van der Waals surface area contributed by atoms with E-state index in [0.717, 1.165) is 11.3 Å².